The summed E-state index contributed by atoms with van der Waals surface area (Å²) in [6.07, 6.45) is 4.27. The molecule has 100 valence electrons. The molecule has 4 heteroatoms. The number of nitrogens with zero attached hydrogens (tertiary/aromatic N) is 3. The molecule has 0 bridgehead atoms. The quantitative estimate of drug-likeness (QED) is 0.874. The fourth-order valence-electron chi connectivity index (χ4n) is 2.64. The van der Waals surface area contributed by atoms with Gasteiger partial charge in [0, 0.05) is 31.5 Å². The maximum absolute atomic E-state index is 9.12. The van der Waals surface area contributed by atoms with Gasteiger partial charge in [-0.1, -0.05) is 0 Å². The van der Waals surface area contributed by atoms with E-state index in [0.29, 0.717) is 0 Å². The second kappa shape index (κ2) is 6.16. The van der Waals surface area contributed by atoms with E-state index in [0.717, 1.165) is 24.7 Å². The predicted octanol–water partition coefficient (Wildman–Crippen LogP) is 1.35. The molecule has 1 fully saturated rings. The topological polar surface area (TPSA) is 39.6 Å². The van der Waals surface area contributed by atoms with Gasteiger partial charge in [0.05, 0.1) is 12.3 Å². The Kier molecular flexibility index (Phi) is 4.55. The second-order valence-electron chi connectivity index (χ2n) is 5.36. The van der Waals surface area contributed by atoms with Crippen LogP contribution in [0.25, 0.3) is 0 Å². The zero-order chi connectivity index (χ0) is 13.0. The minimum Gasteiger partial charge on any atom is -0.390 e. The average Bonchev–Trinajstić information content (AvgIpc) is 2.39. The fraction of sp³-hybridized carbons (Fsp3) is 0.643. The Morgan fingerprint density at radius 1 is 1.39 bits per heavy atom. The van der Waals surface area contributed by atoms with E-state index in [2.05, 4.69) is 28.9 Å². The summed E-state index contributed by atoms with van der Waals surface area (Å²) in [5.41, 5.74) is 1.94. The van der Waals surface area contributed by atoms with Crippen LogP contribution in [0.2, 0.25) is 0 Å². The van der Waals surface area contributed by atoms with Crippen molar-refractivity contribution in [3.05, 3.63) is 24.0 Å². The van der Waals surface area contributed by atoms with Crippen LogP contribution in [-0.4, -0.2) is 48.7 Å². The van der Waals surface area contributed by atoms with Gasteiger partial charge in [0.25, 0.3) is 0 Å². The Morgan fingerprint density at radius 3 is 2.72 bits per heavy atom. The van der Waals surface area contributed by atoms with Crippen LogP contribution in [0.3, 0.4) is 0 Å². The van der Waals surface area contributed by atoms with E-state index in [1.807, 2.05) is 12.1 Å². The van der Waals surface area contributed by atoms with Gasteiger partial charge in [-0.05, 0) is 45.0 Å². The van der Waals surface area contributed by atoms with Crippen molar-refractivity contribution in [2.24, 2.45) is 5.92 Å². The molecule has 0 unspecified atom stereocenters. The first-order valence-electron chi connectivity index (χ1n) is 6.64. The van der Waals surface area contributed by atoms with Crippen LogP contribution in [-0.2, 0) is 6.61 Å². The van der Waals surface area contributed by atoms with Crippen molar-refractivity contribution in [2.75, 3.05) is 38.6 Å². The van der Waals surface area contributed by atoms with Crippen molar-refractivity contribution in [3.8, 4) is 0 Å². The molecule has 2 heterocycles. The monoisotopic (exact) mass is 249 g/mol. The number of pyridine rings is 1. The third kappa shape index (κ3) is 3.43. The molecular formula is C14H23N3O. The Labute approximate surface area is 109 Å². The lowest BCUT2D eigenvalue weighted by molar-refractivity contribution is 0.276. The Hall–Kier alpha value is -1.13. The number of anilines is 1. The Morgan fingerprint density at radius 2 is 2.11 bits per heavy atom. The van der Waals surface area contributed by atoms with Crippen molar-refractivity contribution in [1.82, 2.24) is 9.88 Å². The Bertz CT molecular complexity index is 373. The van der Waals surface area contributed by atoms with Crippen molar-refractivity contribution in [2.45, 2.75) is 19.4 Å². The van der Waals surface area contributed by atoms with E-state index in [4.69, 9.17) is 5.11 Å². The van der Waals surface area contributed by atoms with Crippen molar-refractivity contribution < 1.29 is 5.11 Å². The van der Waals surface area contributed by atoms with E-state index < -0.39 is 0 Å². The first-order valence-corrected chi connectivity index (χ1v) is 6.64. The number of aromatic nitrogens is 1. The first kappa shape index (κ1) is 13.3. The summed E-state index contributed by atoms with van der Waals surface area (Å²) in [6, 6.07) is 4.03. The van der Waals surface area contributed by atoms with Gasteiger partial charge >= 0.3 is 0 Å². The van der Waals surface area contributed by atoms with Crippen molar-refractivity contribution >= 4 is 5.69 Å². The molecule has 1 N–H and O–H groups in total. The summed E-state index contributed by atoms with van der Waals surface area (Å²) < 4.78 is 0. The molecule has 1 saturated heterocycles. The second-order valence-corrected chi connectivity index (χ2v) is 5.36. The van der Waals surface area contributed by atoms with Crippen LogP contribution < -0.4 is 4.90 Å². The first-order chi connectivity index (χ1) is 8.69. The van der Waals surface area contributed by atoms with Gasteiger partial charge in [-0.25, -0.2) is 0 Å². The van der Waals surface area contributed by atoms with Crippen LogP contribution in [0.5, 0.6) is 0 Å². The van der Waals surface area contributed by atoms with E-state index in [1.165, 1.54) is 25.1 Å². The smallest absolute Gasteiger partial charge is 0.0853 e. The lowest BCUT2D eigenvalue weighted by Crippen LogP contribution is -2.37. The molecule has 1 aromatic heterocycles. The summed E-state index contributed by atoms with van der Waals surface area (Å²) >= 11 is 0. The molecule has 18 heavy (non-hydrogen) atoms. The van der Waals surface area contributed by atoms with E-state index in [1.54, 1.807) is 6.20 Å². The lowest BCUT2D eigenvalue weighted by Gasteiger charge is -2.34. The van der Waals surface area contributed by atoms with Gasteiger partial charge in [0.15, 0.2) is 0 Å². The molecule has 0 radical (unpaired) electrons. The highest BCUT2D eigenvalue weighted by Crippen LogP contribution is 2.23. The molecule has 0 aromatic carbocycles. The van der Waals surface area contributed by atoms with Crippen LogP contribution in [0.15, 0.2) is 18.3 Å². The van der Waals surface area contributed by atoms with Crippen molar-refractivity contribution in [3.63, 3.8) is 0 Å². The zero-order valence-corrected chi connectivity index (χ0v) is 11.3. The third-order valence-electron chi connectivity index (χ3n) is 3.57. The summed E-state index contributed by atoms with van der Waals surface area (Å²) in [7, 11) is 4.28. The summed E-state index contributed by atoms with van der Waals surface area (Å²) in [5, 5.41) is 9.12. The Balaban J connectivity index is 1.92. The van der Waals surface area contributed by atoms with Gasteiger partial charge in [-0.2, -0.15) is 0 Å². The molecular weight excluding hydrogens is 226 g/mol. The van der Waals surface area contributed by atoms with Gasteiger partial charge in [-0.3, -0.25) is 4.98 Å². The van der Waals surface area contributed by atoms with Gasteiger partial charge in [0.2, 0.25) is 0 Å². The SMILES string of the molecule is CN(C)CC1CCN(c2ccnc(CO)c2)CC1. The zero-order valence-electron chi connectivity index (χ0n) is 11.3. The molecule has 1 aliphatic rings. The van der Waals surface area contributed by atoms with E-state index in [-0.39, 0.29) is 6.61 Å². The average molecular weight is 249 g/mol. The highest BCUT2D eigenvalue weighted by atomic mass is 16.3. The number of hydrogen-bond acceptors (Lipinski definition) is 4. The van der Waals surface area contributed by atoms with Crippen LogP contribution in [0.4, 0.5) is 5.69 Å². The highest BCUT2D eigenvalue weighted by Gasteiger charge is 2.19. The summed E-state index contributed by atoms with van der Waals surface area (Å²) in [4.78, 5) is 8.79. The third-order valence-corrected chi connectivity index (χ3v) is 3.57. The van der Waals surface area contributed by atoms with E-state index in [9.17, 15) is 0 Å². The maximum Gasteiger partial charge on any atom is 0.0853 e. The molecule has 0 saturated carbocycles. The molecule has 0 spiro atoms. The lowest BCUT2D eigenvalue weighted by atomic mass is 9.96. The standard InChI is InChI=1S/C14H23N3O/c1-16(2)10-12-4-7-17(8-5-12)14-3-6-15-13(9-14)11-18/h3,6,9,12,18H,4-5,7-8,10-11H2,1-2H3. The number of rotatable bonds is 4. The normalized spacial score (nSPS) is 17.4. The molecule has 1 aliphatic heterocycles. The molecule has 0 amide bonds. The van der Waals surface area contributed by atoms with Gasteiger partial charge in [0.1, 0.15) is 0 Å². The maximum atomic E-state index is 9.12. The molecule has 1 aromatic rings. The summed E-state index contributed by atoms with van der Waals surface area (Å²) in [5.74, 6) is 0.815. The van der Waals surface area contributed by atoms with Crippen molar-refractivity contribution in [1.29, 1.82) is 0 Å². The molecule has 0 atom stereocenters. The minimum atomic E-state index is 0.0188. The number of hydrogen-bond donors (Lipinski definition) is 1. The number of piperidine rings is 1. The molecule has 4 nitrogen and oxygen atoms in total. The van der Waals surface area contributed by atoms with E-state index >= 15 is 0 Å². The minimum absolute atomic E-state index is 0.0188. The fourth-order valence-corrected chi connectivity index (χ4v) is 2.64. The number of aliphatic hydroxyl groups is 1. The van der Waals surface area contributed by atoms with Crippen LogP contribution >= 0.6 is 0 Å². The molecule has 0 aliphatic carbocycles. The highest BCUT2D eigenvalue weighted by molar-refractivity contribution is 5.46. The number of aliphatic hydroxyl groups excluding tert-OH is 1. The molecule has 2 rings (SSSR count). The largest absolute Gasteiger partial charge is 0.390 e. The van der Waals surface area contributed by atoms with Gasteiger partial charge in [-0.15, -0.1) is 0 Å². The van der Waals surface area contributed by atoms with Crippen LogP contribution in [0.1, 0.15) is 18.5 Å². The predicted molar refractivity (Wildman–Crippen MR) is 73.7 cm³/mol. The van der Waals surface area contributed by atoms with Gasteiger partial charge < -0.3 is 14.9 Å². The van der Waals surface area contributed by atoms with Crippen LogP contribution in [0, 0.1) is 5.92 Å². The summed E-state index contributed by atoms with van der Waals surface area (Å²) in [6.45, 7) is 3.41.